The van der Waals surface area contributed by atoms with Crippen molar-refractivity contribution in [1.29, 1.82) is 0 Å². The van der Waals surface area contributed by atoms with E-state index in [0.717, 1.165) is 12.1 Å². The maximum Gasteiger partial charge on any atom is 0.341 e. The van der Waals surface area contributed by atoms with Crippen molar-refractivity contribution in [2.75, 3.05) is 40.0 Å². The third-order valence-corrected chi connectivity index (χ3v) is 3.16. The van der Waals surface area contributed by atoms with Crippen LogP contribution in [-0.4, -0.2) is 62.1 Å². The van der Waals surface area contributed by atoms with Crippen LogP contribution < -0.4 is 4.74 Å². The van der Waals surface area contributed by atoms with E-state index >= 15 is 0 Å². The summed E-state index contributed by atoms with van der Waals surface area (Å²) in [4.78, 5) is 12.7. The molecule has 0 aliphatic carbocycles. The number of carbonyl (C=O) groups is 1. The van der Waals surface area contributed by atoms with Crippen LogP contribution in [-0.2, 0) is 20.8 Å². The van der Waals surface area contributed by atoms with Gasteiger partial charge in [-0.25, -0.2) is 4.79 Å². The number of carboxylic acids is 1. The lowest BCUT2D eigenvalue weighted by Gasteiger charge is -2.27. The summed E-state index contributed by atoms with van der Waals surface area (Å²) in [6, 6.07) is 7.47. The van der Waals surface area contributed by atoms with Gasteiger partial charge in [-0.3, -0.25) is 4.90 Å². The third-order valence-electron chi connectivity index (χ3n) is 3.16. The molecule has 21 heavy (non-hydrogen) atoms. The van der Waals surface area contributed by atoms with Crippen LogP contribution in [0.15, 0.2) is 24.3 Å². The number of hydrogen-bond donors (Lipinski definition) is 1. The molecule has 0 unspecified atom stereocenters. The molecule has 1 aliphatic heterocycles. The average Bonchev–Trinajstić information content (AvgIpc) is 2.47. The zero-order valence-corrected chi connectivity index (χ0v) is 12.2. The Morgan fingerprint density at radius 2 is 2.24 bits per heavy atom. The number of benzene rings is 1. The van der Waals surface area contributed by atoms with Crippen molar-refractivity contribution in [3.8, 4) is 5.75 Å². The predicted molar refractivity (Wildman–Crippen MR) is 76.5 cm³/mol. The van der Waals surface area contributed by atoms with Crippen molar-refractivity contribution >= 4 is 5.97 Å². The van der Waals surface area contributed by atoms with Crippen LogP contribution >= 0.6 is 0 Å². The Bertz CT molecular complexity index is 459. The second kappa shape index (κ2) is 7.97. The maximum atomic E-state index is 10.6. The lowest BCUT2D eigenvalue weighted by atomic mass is 10.2. The SMILES string of the molecule is CN(Cc1ccccc1OCC(=O)O)C[C@@H]1COCCO1. The zero-order valence-electron chi connectivity index (χ0n) is 12.2. The second-order valence-electron chi connectivity index (χ2n) is 5.05. The van der Waals surface area contributed by atoms with Crippen LogP contribution in [0.4, 0.5) is 0 Å². The molecule has 1 heterocycles. The Hall–Kier alpha value is -1.63. The summed E-state index contributed by atoms with van der Waals surface area (Å²) in [7, 11) is 1.99. The van der Waals surface area contributed by atoms with Crippen molar-refractivity contribution in [2.45, 2.75) is 12.6 Å². The van der Waals surface area contributed by atoms with Gasteiger partial charge in [0.05, 0.1) is 25.9 Å². The van der Waals surface area contributed by atoms with Crippen LogP contribution in [0.25, 0.3) is 0 Å². The fourth-order valence-electron chi connectivity index (χ4n) is 2.26. The fourth-order valence-corrected chi connectivity index (χ4v) is 2.26. The highest BCUT2D eigenvalue weighted by molar-refractivity contribution is 5.68. The van der Waals surface area contributed by atoms with Gasteiger partial charge in [0.2, 0.25) is 0 Å². The van der Waals surface area contributed by atoms with E-state index in [1.54, 1.807) is 6.07 Å². The number of aliphatic carboxylic acids is 1. The van der Waals surface area contributed by atoms with Gasteiger partial charge in [-0.15, -0.1) is 0 Å². The molecule has 1 aromatic carbocycles. The molecule has 1 fully saturated rings. The van der Waals surface area contributed by atoms with E-state index in [4.69, 9.17) is 19.3 Å². The molecule has 1 N–H and O–H groups in total. The Balaban J connectivity index is 1.89. The second-order valence-corrected chi connectivity index (χ2v) is 5.05. The maximum absolute atomic E-state index is 10.6. The van der Waals surface area contributed by atoms with E-state index in [1.807, 2.05) is 25.2 Å². The standard InChI is InChI=1S/C15H21NO5/c1-16(9-13-10-19-6-7-20-13)8-12-4-2-3-5-14(12)21-11-15(17)18/h2-5,13H,6-11H2,1H3,(H,17,18)/t13-/m1/s1. The quantitative estimate of drug-likeness (QED) is 0.809. The Morgan fingerprint density at radius 3 is 2.95 bits per heavy atom. The first-order valence-corrected chi connectivity index (χ1v) is 6.95. The minimum Gasteiger partial charge on any atom is -0.482 e. The molecule has 0 saturated carbocycles. The molecule has 1 aromatic rings. The van der Waals surface area contributed by atoms with Crippen molar-refractivity contribution in [2.24, 2.45) is 0 Å². The molecular formula is C15H21NO5. The van der Waals surface area contributed by atoms with E-state index in [9.17, 15) is 4.79 Å². The molecule has 0 amide bonds. The largest absolute Gasteiger partial charge is 0.482 e. The molecule has 2 rings (SSSR count). The van der Waals surface area contributed by atoms with Gasteiger partial charge >= 0.3 is 5.97 Å². The predicted octanol–water partition coefficient (Wildman–Crippen LogP) is 0.997. The van der Waals surface area contributed by atoms with E-state index < -0.39 is 5.97 Å². The normalized spacial score (nSPS) is 18.7. The third kappa shape index (κ3) is 5.34. The van der Waals surface area contributed by atoms with E-state index in [2.05, 4.69) is 4.90 Å². The summed E-state index contributed by atoms with van der Waals surface area (Å²) >= 11 is 0. The molecule has 0 radical (unpaired) electrons. The first-order chi connectivity index (χ1) is 10.1. The molecule has 1 aliphatic rings. The van der Waals surface area contributed by atoms with E-state index in [0.29, 0.717) is 32.1 Å². The van der Waals surface area contributed by atoms with Gasteiger partial charge in [-0.05, 0) is 13.1 Å². The Kier molecular flexibility index (Phi) is 5.98. The number of likely N-dealkylation sites (N-methyl/N-ethyl adjacent to an activating group) is 1. The van der Waals surface area contributed by atoms with Crippen LogP contribution in [0, 0.1) is 0 Å². The summed E-state index contributed by atoms with van der Waals surface area (Å²) < 4.78 is 16.3. The Morgan fingerprint density at radius 1 is 1.43 bits per heavy atom. The number of para-hydroxylation sites is 1. The van der Waals surface area contributed by atoms with Gasteiger partial charge in [0.1, 0.15) is 5.75 Å². The van der Waals surface area contributed by atoms with Gasteiger partial charge in [0.25, 0.3) is 0 Å². The summed E-state index contributed by atoms with van der Waals surface area (Å²) in [5.41, 5.74) is 0.956. The summed E-state index contributed by atoms with van der Waals surface area (Å²) in [6.45, 7) is 2.99. The summed E-state index contributed by atoms with van der Waals surface area (Å²) in [5, 5.41) is 8.70. The molecule has 0 aromatic heterocycles. The summed E-state index contributed by atoms with van der Waals surface area (Å²) in [5.74, 6) is -0.376. The molecule has 116 valence electrons. The van der Waals surface area contributed by atoms with Gasteiger partial charge in [-0.1, -0.05) is 18.2 Å². The Labute approximate surface area is 124 Å². The minimum atomic E-state index is -0.981. The van der Waals surface area contributed by atoms with Crippen molar-refractivity contribution in [3.63, 3.8) is 0 Å². The smallest absolute Gasteiger partial charge is 0.341 e. The average molecular weight is 295 g/mol. The van der Waals surface area contributed by atoms with Crippen LogP contribution in [0.5, 0.6) is 5.75 Å². The number of ether oxygens (including phenoxy) is 3. The van der Waals surface area contributed by atoms with Crippen molar-refractivity contribution in [3.05, 3.63) is 29.8 Å². The van der Waals surface area contributed by atoms with Crippen LogP contribution in [0.1, 0.15) is 5.56 Å². The summed E-state index contributed by atoms with van der Waals surface area (Å²) in [6.07, 6.45) is 0.0795. The highest BCUT2D eigenvalue weighted by Crippen LogP contribution is 2.19. The lowest BCUT2D eigenvalue weighted by molar-refractivity contribution is -0.139. The van der Waals surface area contributed by atoms with Gasteiger partial charge < -0.3 is 19.3 Å². The van der Waals surface area contributed by atoms with Gasteiger partial charge in [0.15, 0.2) is 6.61 Å². The van der Waals surface area contributed by atoms with Crippen LogP contribution in [0.2, 0.25) is 0 Å². The first-order valence-electron chi connectivity index (χ1n) is 6.95. The lowest BCUT2D eigenvalue weighted by Crippen LogP contribution is -2.38. The minimum absolute atomic E-state index is 0.0795. The van der Waals surface area contributed by atoms with E-state index in [-0.39, 0.29) is 12.7 Å². The van der Waals surface area contributed by atoms with Crippen molar-refractivity contribution < 1.29 is 24.1 Å². The highest BCUT2D eigenvalue weighted by Gasteiger charge is 2.17. The van der Waals surface area contributed by atoms with E-state index in [1.165, 1.54) is 0 Å². The number of hydrogen-bond acceptors (Lipinski definition) is 5. The first kappa shape index (κ1) is 15.8. The number of carboxylic acid groups (broad SMARTS) is 1. The molecule has 6 nitrogen and oxygen atoms in total. The fraction of sp³-hybridized carbons (Fsp3) is 0.533. The monoisotopic (exact) mass is 295 g/mol. The molecular weight excluding hydrogens is 274 g/mol. The molecule has 0 bridgehead atoms. The highest BCUT2D eigenvalue weighted by atomic mass is 16.6. The number of nitrogens with zero attached hydrogens (tertiary/aromatic N) is 1. The van der Waals surface area contributed by atoms with Gasteiger partial charge in [-0.2, -0.15) is 0 Å². The van der Waals surface area contributed by atoms with Crippen molar-refractivity contribution in [1.82, 2.24) is 4.90 Å². The molecule has 0 spiro atoms. The molecule has 1 atom stereocenters. The van der Waals surface area contributed by atoms with Crippen LogP contribution in [0.3, 0.4) is 0 Å². The number of rotatable bonds is 7. The topological polar surface area (TPSA) is 68.2 Å². The molecule has 1 saturated heterocycles. The zero-order chi connectivity index (χ0) is 15.1. The van der Waals surface area contributed by atoms with Gasteiger partial charge in [0, 0.05) is 18.7 Å². The molecule has 6 heteroatoms.